The van der Waals surface area contributed by atoms with Crippen LogP contribution in [0.25, 0.3) is 21.8 Å². The lowest BCUT2D eigenvalue weighted by Gasteiger charge is -2.36. The van der Waals surface area contributed by atoms with Crippen molar-refractivity contribution in [2.75, 3.05) is 79.2 Å². The van der Waals surface area contributed by atoms with Crippen molar-refractivity contribution in [1.29, 1.82) is 5.41 Å². The smallest absolute Gasteiger partial charge is 0.246 e. The molecule has 3 aliphatic heterocycles. The molecule has 24 N–H and O–H groups in total. The van der Waals surface area contributed by atoms with Gasteiger partial charge in [-0.1, -0.05) is 82.1 Å². The summed E-state index contributed by atoms with van der Waals surface area (Å²) in [6, 6.07) is -2.66. The number of methoxy groups -OCH3 is 1. The van der Waals surface area contributed by atoms with E-state index >= 15 is 38.4 Å². The number of fused-ring (bicyclic) bond motifs is 4. The van der Waals surface area contributed by atoms with Crippen LogP contribution < -0.4 is 75.7 Å². The SMILES string of the molecule is CCCC[C@H]1C(=O)N(C)[C@@H](CCOC)C(=O)N[C@@H](CCCNC(=N)N)C(=O)NC(C(=O)NCC(N)=O)CSCC(=O)N[C@@H](Cc2ccc(O)cc2)C(=O)N(C)[C@@H](C)C(=O)N[C@@H](CC(N)=O)C(=O)N2CCC[C@H]2C(=O)N[C@@H](Cc2cnc[nH]2)C(=O)N[C@@H](CC(C)C)C(=O)N2C[C@H](O)C[C@@H]2C(=O)N[C@@H](Cc2c[nH]c3ccccc23)C(=O)N[C@@H](CO)C(=O)N[C@@H](Cc2c[nH]c3ccccc23)C(=O)N1C. The Kier molecular flexibility index (Phi) is 39.4. The van der Waals surface area contributed by atoms with Crippen LogP contribution in [0.2, 0.25) is 0 Å². The molecule has 45 nitrogen and oxygen atoms in total. The van der Waals surface area contributed by atoms with Crippen molar-refractivity contribution >= 4 is 140 Å². The quantitative estimate of drug-likeness (QED) is 0.0139. The molecule has 46 heteroatoms. The van der Waals surface area contributed by atoms with Crippen LogP contribution in [0.5, 0.6) is 5.75 Å². The Hall–Kier alpha value is -13.8. The number of primary amides is 2. The number of hydrogen-bond acceptors (Lipinski definition) is 24. The maximum absolute atomic E-state index is 15.7. The number of H-pyrrole nitrogens is 3. The van der Waals surface area contributed by atoms with Crippen molar-refractivity contribution in [3.8, 4) is 5.75 Å². The number of aliphatic hydroxyl groups is 2. The molecule has 3 fully saturated rings. The number of nitrogens with one attached hydrogen (secondary N) is 15. The Morgan fingerprint density at radius 3 is 1.74 bits per heavy atom. The van der Waals surface area contributed by atoms with Gasteiger partial charge in [-0.2, -0.15) is 0 Å². The van der Waals surface area contributed by atoms with Gasteiger partial charge in [0.1, 0.15) is 90.3 Å². The molecule has 0 aliphatic carbocycles. The number of nitrogens with zero attached hydrogens (tertiary/aromatic N) is 6. The molecule has 3 aromatic carbocycles. The number of para-hydroxylation sites is 2. The maximum atomic E-state index is 15.7. The Labute approximate surface area is 788 Å². The lowest BCUT2D eigenvalue weighted by atomic mass is 10.00. The summed E-state index contributed by atoms with van der Waals surface area (Å²) in [6.07, 6.45) is 2.40. The van der Waals surface area contributed by atoms with Gasteiger partial charge in [0.25, 0.3) is 0 Å². The molecule has 738 valence electrons. The fraction of sp³-hybridized carbons (Fsp3) is 0.522. The van der Waals surface area contributed by atoms with Crippen molar-refractivity contribution in [3.05, 3.63) is 120 Å². The first-order valence-electron chi connectivity index (χ1n) is 45.1. The molecule has 9 rings (SSSR count). The highest BCUT2D eigenvalue weighted by Gasteiger charge is 2.47. The van der Waals surface area contributed by atoms with E-state index in [1.54, 1.807) is 74.8 Å². The molecule has 3 aromatic heterocycles. The number of imidazole rings is 1. The highest BCUT2D eigenvalue weighted by atomic mass is 32.2. The number of aromatic hydroxyl groups is 1. The van der Waals surface area contributed by atoms with Gasteiger partial charge in [0.15, 0.2) is 5.96 Å². The first-order chi connectivity index (χ1) is 64.8. The highest BCUT2D eigenvalue weighted by molar-refractivity contribution is 8.00. The molecular formula is C90H126N24O21S. The Morgan fingerprint density at radius 1 is 0.581 bits per heavy atom. The van der Waals surface area contributed by atoms with E-state index in [1.165, 1.54) is 72.0 Å². The standard InChI is InChI=1S/C90H126N24O21S/c1-9-10-22-71-89(134)111(6)69(28-31-135-8)82(127)102-60(21-15-29-96-90(93)94)78(123)109-68(77(122)99-42-74(92)119)45-136-46-75(120)101-64(33-50-24-26-54(116)27-25-50)85(130)110(5)49(4)76(121)105-66(38-73(91)118)87(132)113-30-16-23-70(113)83(128)104-62(36-53-41-95-47-100-53)80(125)106-63(32-48(2)3)88(133)114-43-55(117)37-72(114)84(129)103-61(34-51-39-97-58-19-13-11-17-56(51)58)79(124)108-67(44-115)81(126)107-65(86(131)112(71)7)35-52-40-98-59-20-14-12-18-57(52)59/h11-14,17-20,24-27,39-41,47-49,55,60-72,97-98,115-117H,9-10,15-16,21-23,28-38,42-46H2,1-8H3,(H2,91,118)(H2,92,119)(H,95,100)(H,99,122)(H,101,120)(H,102,127)(H,103,129)(H,104,128)(H,105,121)(H,106,125)(H,107,126)(H,108,124)(H,109,123)(H4,93,94,96)/t49-,55+,60-,61-,62-,63-,64-,65-,66-,67-,68?,69-,70-,71-,72+/m0/s1. The van der Waals surface area contributed by atoms with Gasteiger partial charge in [-0.25, -0.2) is 4.98 Å². The lowest BCUT2D eigenvalue weighted by Crippen LogP contribution is -2.62. The van der Waals surface area contributed by atoms with Crippen LogP contribution in [0, 0.1) is 11.3 Å². The molecule has 6 aromatic rings. The molecule has 0 spiro atoms. The minimum atomic E-state index is -1.91. The number of guanidine groups is 1. The zero-order valence-electron chi connectivity index (χ0n) is 77.3. The van der Waals surface area contributed by atoms with Crippen LogP contribution in [0.1, 0.15) is 121 Å². The van der Waals surface area contributed by atoms with E-state index < -0.39 is 241 Å². The van der Waals surface area contributed by atoms with Crippen LogP contribution in [-0.4, -0.2) is 336 Å². The van der Waals surface area contributed by atoms with E-state index in [2.05, 4.69) is 78.4 Å². The van der Waals surface area contributed by atoms with E-state index in [-0.39, 0.29) is 102 Å². The van der Waals surface area contributed by atoms with Crippen molar-refractivity contribution < 1.29 is 102 Å². The third-order valence-corrected chi connectivity index (χ3v) is 25.1. The van der Waals surface area contributed by atoms with E-state index in [4.69, 9.17) is 27.3 Å². The van der Waals surface area contributed by atoms with Gasteiger partial charge in [-0.15, -0.1) is 11.8 Å². The average molecular weight is 1910 g/mol. The number of benzene rings is 3. The molecule has 17 amide bonds. The summed E-state index contributed by atoms with van der Waals surface area (Å²) in [4.78, 5) is 269. The zero-order valence-corrected chi connectivity index (χ0v) is 78.1. The Morgan fingerprint density at radius 2 is 1.14 bits per heavy atom. The largest absolute Gasteiger partial charge is 0.508 e. The summed E-state index contributed by atoms with van der Waals surface area (Å²) in [5.41, 5.74) is 19.7. The topological polar surface area (TPSA) is 671 Å². The maximum Gasteiger partial charge on any atom is 0.246 e. The number of phenols is 1. The number of amides is 17. The third kappa shape index (κ3) is 29.4. The van der Waals surface area contributed by atoms with Crippen molar-refractivity contribution in [1.82, 2.24) is 103 Å². The molecule has 3 saturated heterocycles. The summed E-state index contributed by atoms with van der Waals surface area (Å²) in [6.45, 7) is 3.91. The van der Waals surface area contributed by atoms with Gasteiger partial charge in [0.05, 0.1) is 37.8 Å². The van der Waals surface area contributed by atoms with Crippen LogP contribution in [0.3, 0.4) is 0 Å². The normalized spacial score (nSPS) is 24.7. The average Bonchev–Trinajstić information content (AvgIpc) is 1.53. The number of carbonyl (C=O) groups is 17. The lowest BCUT2D eigenvalue weighted by molar-refractivity contribution is -0.149. The number of rotatable bonds is 26. The van der Waals surface area contributed by atoms with Crippen LogP contribution in [0.15, 0.2) is 97.7 Å². The molecule has 0 bridgehead atoms. The van der Waals surface area contributed by atoms with Crippen molar-refractivity contribution in [3.63, 3.8) is 0 Å². The van der Waals surface area contributed by atoms with Gasteiger partial charge in [-0.05, 0) is 92.3 Å². The number of hydrogen-bond donors (Lipinski definition) is 21. The second kappa shape index (κ2) is 50.5. The van der Waals surface area contributed by atoms with Gasteiger partial charge < -0.3 is 135 Å². The number of likely N-dealkylation sites (N-methyl/N-ethyl adjacent to an activating group) is 3. The minimum absolute atomic E-state index is 0.00792. The Balaban J connectivity index is 1.10. The Bertz CT molecular complexity index is 5250. The summed E-state index contributed by atoms with van der Waals surface area (Å²) in [5.74, 6) is -18.4. The summed E-state index contributed by atoms with van der Waals surface area (Å²) < 4.78 is 5.45. The molecule has 15 atom stereocenters. The minimum Gasteiger partial charge on any atom is -0.508 e. The van der Waals surface area contributed by atoms with Crippen LogP contribution in [0.4, 0.5) is 0 Å². The molecule has 6 heterocycles. The van der Waals surface area contributed by atoms with Crippen LogP contribution in [-0.2, 0) is 112 Å². The molecule has 0 radical (unpaired) electrons. The number of aromatic nitrogens is 4. The highest BCUT2D eigenvalue weighted by Crippen LogP contribution is 2.28. The monoisotopic (exact) mass is 1910 g/mol. The molecule has 0 saturated carbocycles. The van der Waals surface area contributed by atoms with E-state index in [1.807, 2.05) is 6.92 Å². The first-order valence-corrected chi connectivity index (χ1v) is 46.2. The molecule has 136 heavy (non-hydrogen) atoms. The fourth-order valence-corrected chi connectivity index (χ4v) is 17.5. The van der Waals surface area contributed by atoms with E-state index in [9.17, 15) is 58.5 Å². The van der Waals surface area contributed by atoms with Gasteiger partial charge >= 0.3 is 0 Å². The number of carbonyl (C=O) groups excluding carboxylic acids is 17. The second-order valence-electron chi connectivity index (χ2n) is 34.6. The number of aliphatic hydroxyl groups excluding tert-OH is 2. The first kappa shape index (κ1) is 106. The molecule has 1 unspecified atom stereocenters. The van der Waals surface area contributed by atoms with Gasteiger partial charge in [0, 0.05) is 145 Å². The molecular weight excluding hydrogens is 1790 g/mol. The van der Waals surface area contributed by atoms with Gasteiger partial charge in [-0.3, -0.25) is 86.9 Å². The van der Waals surface area contributed by atoms with Crippen molar-refractivity contribution in [2.24, 2.45) is 23.1 Å². The zero-order chi connectivity index (χ0) is 99.3. The summed E-state index contributed by atoms with van der Waals surface area (Å²) >= 11 is 0.746. The predicted molar refractivity (Wildman–Crippen MR) is 497 cm³/mol. The number of phenolic OH excluding ortho intramolecular Hbond substituents is 1. The summed E-state index contributed by atoms with van der Waals surface area (Å²) in [7, 11) is 5.14. The number of thioether (sulfide) groups is 1. The third-order valence-electron chi connectivity index (χ3n) is 24.1. The van der Waals surface area contributed by atoms with E-state index in [0.29, 0.717) is 57.0 Å². The number of aromatic amines is 3. The van der Waals surface area contributed by atoms with E-state index in [0.717, 1.165) is 36.3 Å². The summed E-state index contributed by atoms with van der Waals surface area (Å²) in [5, 5.41) is 70.9. The van der Waals surface area contributed by atoms with Crippen LogP contribution >= 0.6 is 11.8 Å². The number of ether oxygens (including phenoxy) is 1. The van der Waals surface area contributed by atoms with Gasteiger partial charge in [0.2, 0.25) is 100 Å². The number of nitrogens with two attached hydrogens (primary N) is 3. The molecule has 3 aliphatic rings. The fourth-order valence-electron chi connectivity index (χ4n) is 16.6. The second-order valence-corrected chi connectivity index (χ2v) is 35.6. The number of unbranched alkanes of at least 4 members (excludes halogenated alkanes) is 1. The predicted octanol–water partition coefficient (Wildman–Crippen LogP) is -4.08. The van der Waals surface area contributed by atoms with Crippen molar-refractivity contribution in [2.45, 2.75) is 215 Å².